The fourth-order valence-corrected chi connectivity index (χ4v) is 4.09. The zero-order valence-corrected chi connectivity index (χ0v) is 17.6. The van der Waals surface area contributed by atoms with Crippen molar-refractivity contribution in [3.63, 3.8) is 0 Å². The first kappa shape index (κ1) is 17.9. The van der Waals surface area contributed by atoms with Crippen LogP contribution < -0.4 is 10.2 Å². The molecule has 0 amide bonds. The van der Waals surface area contributed by atoms with Gasteiger partial charge >= 0.3 is 0 Å². The topological polar surface area (TPSA) is 61.6 Å². The molecule has 28 heavy (non-hydrogen) atoms. The molecule has 0 aromatic carbocycles. The minimum Gasteiger partial charge on any atom is -0.378 e. The highest BCUT2D eigenvalue weighted by Crippen LogP contribution is 2.41. The molecule has 0 atom stereocenters. The van der Waals surface area contributed by atoms with Gasteiger partial charge in [0, 0.05) is 44.3 Å². The van der Waals surface area contributed by atoms with E-state index < -0.39 is 0 Å². The normalized spacial score (nSPS) is 18.0. The average molecular weight is 442 g/mol. The molecule has 1 N–H and O–H groups in total. The van der Waals surface area contributed by atoms with E-state index in [1.165, 1.54) is 24.1 Å². The number of halogens is 1. The third-order valence-corrected chi connectivity index (χ3v) is 5.98. The molecule has 2 fully saturated rings. The first-order valence-corrected chi connectivity index (χ1v) is 10.6. The van der Waals surface area contributed by atoms with E-state index in [0.29, 0.717) is 12.5 Å². The molecule has 1 aliphatic heterocycles. The van der Waals surface area contributed by atoms with Gasteiger partial charge in [-0.3, -0.25) is 0 Å². The summed E-state index contributed by atoms with van der Waals surface area (Å²) in [6, 6.07) is 6.25. The summed E-state index contributed by atoms with van der Waals surface area (Å²) in [4.78, 5) is 13.9. The molecule has 0 spiro atoms. The van der Waals surface area contributed by atoms with Gasteiger partial charge in [0.05, 0.1) is 12.2 Å². The Labute approximate surface area is 172 Å². The molecule has 1 saturated carbocycles. The van der Waals surface area contributed by atoms with Crippen LogP contribution in [0.1, 0.15) is 30.1 Å². The van der Waals surface area contributed by atoms with Gasteiger partial charge in [-0.15, -0.1) is 5.10 Å². The Morgan fingerprint density at radius 2 is 2.00 bits per heavy atom. The number of aromatic nitrogens is 4. The van der Waals surface area contributed by atoms with Gasteiger partial charge in [-0.2, -0.15) is 0 Å². The van der Waals surface area contributed by atoms with Crippen molar-refractivity contribution in [2.75, 3.05) is 43.4 Å². The fraction of sp³-hybridized carbons (Fsp3) is 0.450. The van der Waals surface area contributed by atoms with Crippen molar-refractivity contribution >= 4 is 33.0 Å². The first-order valence-electron chi connectivity index (χ1n) is 9.84. The van der Waals surface area contributed by atoms with Crippen LogP contribution >= 0.6 is 15.9 Å². The van der Waals surface area contributed by atoms with Crippen LogP contribution in [-0.2, 0) is 6.54 Å². The summed E-state index contributed by atoms with van der Waals surface area (Å²) in [5, 5.41) is 8.16. The summed E-state index contributed by atoms with van der Waals surface area (Å²) in [7, 11) is 2.19. The predicted octanol–water partition coefficient (Wildman–Crippen LogP) is 3.13. The molecule has 0 bridgehead atoms. The summed E-state index contributed by atoms with van der Waals surface area (Å²) in [6.07, 6.45) is 6.52. The van der Waals surface area contributed by atoms with Crippen LogP contribution in [-0.4, -0.2) is 57.7 Å². The summed E-state index contributed by atoms with van der Waals surface area (Å²) in [5.41, 5.74) is 4.58. The van der Waals surface area contributed by atoms with E-state index in [1.54, 1.807) is 6.20 Å². The number of nitrogens with one attached hydrogen (secondary N) is 1. The van der Waals surface area contributed by atoms with Gasteiger partial charge in [-0.1, -0.05) is 0 Å². The van der Waals surface area contributed by atoms with Crippen LogP contribution in [0, 0.1) is 0 Å². The monoisotopic (exact) mass is 441 g/mol. The molecule has 7 nitrogen and oxygen atoms in total. The Morgan fingerprint density at radius 3 is 2.75 bits per heavy atom. The molecule has 3 aromatic rings. The third-order valence-electron chi connectivity index (χ3n) is 5.55. The summed E-state index contributed by atoms with van der Waals surface area (Å²) < 4.78 is 2.80. The molecule has 1 aliphatic carbocycles. The molecular formula is C20H24BrN7. The van der Waals surface area contributed by atoms with E-state index in [2.05, 4.69) is 55.3 Å². The zero-order chi connectivity index (χ0) is 19.1. The number of fused-ring (bicyclic) bond motifs is 1. The number of hydrogen-bond donors (Lipinski definition) is 1. The summed E-state index contributed by atoms with van der Waals surface area (Å²) >= 11 is 3.41. The number of anilines is 2. The van der Waals surface area contributed by atoms with Gasteiger partial charge in [-0.25, -0.2) is 14.5 Å². The van der Waals surface area contributed by atoms with E-state index in [9.17, 15) is 0 Å². The molecule has 3 aromatic heterocycles. The average Bonchev–Trinajstić information content (AvgIpc) is 3.46. The maximum absolute atomic E-state index is 4.87. The quantitative estimate of drug-likeness (QED) is 0.613. The van der Waals surface area contributed by atoms with E-state index in [0.717, 1.165) is 47.9 Å². The lowest BCUT2D eigenvalue weighted by atomic mass is 10.1. The van der Waals surface area contributed by atoms with Crippen LogP contribution in [0.3, 0.4) is 0 Å². The van der Waals surface area contributed by atoms with Gasteiger partial charge < -0.3 is 15.1 Å². The molecule has 5 rings (SSSR count). The van der Waals surface area contributed by atoms with Gasteiger partial charge in [-0.05, 0) is 65.5 Å². The second-order valence-electron chi connectivity index (χ2n) is 7.74. The maximum Gasteiger partial charge on any atom is 0.179 e. The van der Waals surface area contributed by atoms with Gasteiger partial charge in [0.25, 0.3) is 0 Å². The predicted molar refractivity (Wildman–Crippen MR) is 114 cm³/mol. The number of rotatable bonds is 5. The molecule has 146 valence electrons. The summed E-state index contributed by atoms with van der Waals surface area (Å²) in [6.45, 7) is 4.81. The van der Waals surface area contributed by atoms with Crippen molar-refractivity contribution in [2.24, 2.45) is 0 Å². The van der Waals surface area contributed by atoms with Crippen LogP contribution in [0.25, 0.3) is 5.65 Å². The Hall–Kier alpha value is -2.19. The van der Waals surface area contributed by atoms with Crippen molar-refractivity contribution in [1.29, 1.82) is 0 Å². The molecule has 8 heteroatoms. The Balaban J connectivity index is 1.44. The number of likely N-dealkylation sites (N-methyl/N-ethyl adjacent to an activating group) is 1. The standard InChI is InChI=1S/C20H24BrN7/c1-26-6-8-27(9-7-26)17-10-15(14-2-3-14)13-28-20(17)24-19(25-28)12-23-16-4-5-22-18(21)11-16/h4-5,10-11,13-14H,2-3,6-9,12H2,1H3,(H,22,23). The maximum atomic E-state index is 4.87. The Morgan fingerprint density at radius 1 is 1.18 bits per heavy atom. The van der Waals surface area contributed by atoms with E-state index in [4.69, 9.17) is 10.1 Å². The number of pyridine rings is 2. The van der Waals surface area contributed by atoms with Crippen molar-refractivity contribution in [3.8, 4) is 0 Å². The molecule has 4 heterocycles. The van der Waals surface area contributed by atoms with E-state index in [1.807, 2.05) is 16.6 Å². The highest BCUT2D eigenvalue weighted by atomic mass is 79.9. The Kier molecular flexibility index (Phi) is 4.68. The van der Waals surface area contributed by atoms with Crippen LogP contribution in [0.4, 0.5) is 11.4 Å². The third kappa shape index (κ3) is 3.71. The zero-order valence-electron chi connectivity index (χ0n) is 16.0. The smallest absolute Gasteiger partial charge is 0.179 e. The minimum atomic E-state index is 0.582. The highest BCUT2D eigenvalue weighted by molar-refractivity contribution is 9.10. The number of nitrogens with zero attached hydrogens (tertiary/aromatic N) is 6. The second kappa shape index (κ2) is 7.33. The largest absolute Gasteiger partial charge is 0.378 e. The molecule has 0 unspecified atom stereocenters. The highest BCUT2D eigenvalue weighted by Gasteiger charge is 2.27. The van der Waals surface area contributed by atoms with Crippen molar-refractivity contribution in [2.45, 2.75) is 25.3 Å². The molecule has 2 aliphatic rings. The lowest BCUT2D eigenvalue weighted by molar-refractivity contribution is 0.313. The van der Waals surface area contributed by atoms with Crippen molar-refractivity contribution < 1.29 is 0 Å². The lowest BCUT2D eigenvalue weighted by Gasteiger charge is -2.34. The van der Waals surface area contributed by atoms with Crippen LogP contribution in [0.5, 0.6) is 0 Å². The molecular weight excluding hydrogens is 418 g/mol. The van der Waals surface area contributed by atoms with Crippen molar-refractivity contribution in [1.82, 2.24) is 24.5 Å². The summed E-state index contributed by atoms with van der Waals surface area (Å²) in [5.74, 6) is 1.49. The molecule has 1 saturated heterocycles. The minimum absolute atomic E-state index is 0.582. The molecule has 0 radical (unpaired) electrons. The number of piperazine rings is 1. The van der Waals surface area contributed by atoms with E-state index >= 15 is 0 Å². The van der Waals surface area contributed by atoms with Gasteiger partial charge in [0.15, 0.2) is 11.5 Å². The van der Waals surface area contributed by atoms with Crippen LogP contribution in [0.2, 0.25) is 0 Å². The second-order valence-corrected chi connectivity index (χ2v) is 8.55. The van der Waals surface area contributed by atoms with Gasteiger partial charge in [0.1, 0.15) is 4.60 Å². The SMILES string of the molecule is CN1CCN(c2cc(C3CC3)cn3nc(CNc4ccnc(Br)c4)nc23)CC1. The fourth-order valence-electron chi connectivity index (χ4n) is 3.72. The lowest BCUT2D eigenvalue weighted by Crippen LogP contribution is -2.44. The van der Waals surface area contributed by atoms with E-state index in [-0.39, 0.29) is 0 Å². The van der Waals surface area contributed by atoms with Gasteiger partial charge in [0.2, 0.25) is 0 Å². The van der Waals surface area contributed by atoms with Crippen LogP contribution in [0.15, 0.2) is 35.2 Å². The first-order chi connectivity index (χ1) is 13.7. The Bertz CT molecular complexity index is 989. The number of hydrogen-bond acceptors (Lipinski definition) is 6. The van der Waals surface area contributed by atoms with Crippen molar-refractivity contribution in [3.05, 3.63) is 46.6 Å².